The Bertz CT molecular complexity index is 1130. The molecule has 0 spiro atoms. The van der Waals surface area contributed by atoms with Crippen LogP contribution in [0.25, 0.3) is 5.69 Å². The van der Waals surface area contributed by atoms with Gasteiger partial charge >= 0.3 is 6.01 Å². The van der Waals surface area contributed by atoms with Crippen LogP contribution < -0.4 is 14.8 Å². The van der Waals surface area contributed by atoms with Crippen molar-refractivity contribution in [1.29, 1.82) is 0 Å². The molecule has 0 fully saturated rings. The standard InChI is InChI=1S/C21H17Cl2N5O2/c1-29-20-9-14(13-24-17-11-15(22)10-16(23)12-17)7-8-19(20)30-21-25-26-27-28(21)18-5-3-2-4-6-18/h2-12,24H,13H2,1H3. The molecule has 3 aromatic carbocycles. The van der Waals surface area contributed by atoms with Gasteiger partial charge in [0, 0.05) is 22.3 Å². The summed E-state index contributed by atoms with van der Waals surface area (Å²) in [6, 6.07) is 20.6. The lowest BCUT2D eigenvalue weighted by atomic mass is 10.2. The van der Waals surface area contributed by atoms with E-state index in [0.29, 0.717) is 28.1 Å². The van der Waals surface area contributed by atoms with Crippen molar-refractivity contribution < 1.29 is 9.47 Å². The van der Waals surface area contributed by atoms with Crippen LogP contribution in [0.5, 0.6) is 17.5 Å². The zero-order valence-corrected chi connectivity index (χ0v) is 17.4. The first-order chi connectivity index (χ1) is 14.6. The molecule has 0 unspecified atom stereocenters. The fraction of sp³-hybridized carbons (Fsp3) is 0.0952. The molecule has 0 aliphatic heterocycles. The number of hydrogen-bond acceptors (Lipinski definition) is 6. The molecule has 0 aliphatic rings. The Kier molecular flexibility index (Phi) is 6.02. The fourth-order valence-electron chi connectivity index (χ4n) is 2.84. The number of nitrogens with zero attached hydrogens (tertiary/aromatic N) is 4. The number of para-hydroxylation sites is 1. The molecule has 30 heavy (non-hydrogen) atoms. The number of tetrazole rings is 1. The van der Waals surface area contributed by atoms with Crippen molar-refractivity contribution in [3.63, 3.8) is 0 Å². The SMILES string of the molecule is COc1cc(CNc2cc(Cl)cc(Cl)c2)ccc1Oc1nnnn1-c1ccccc1. The van der Waals surface area contributed by atoms with Crippen molar-refractivity contribution in [3.05, 3.63) is 82.3 Å². The number of anilines is 1. The monoisotopic (exact) mass is 441 g/mol. The van der Waals surface area contributed by atoms with Gasteiger partial charge in [0.25, 0.3) is 0 Å². The number of rotatable bonds is 7. The van der Waals surface area contributed by atoms with Crippen molar-refractivity contribution in [2.75, 3.05) is 12.4 Å². The fourth-order valence-corrected chi connectivity index (χ4v) is 3.36. The van der Waals surface area contributed by atoms with E-state index in [2.05, 4.69) is 20.8 Å². The summed E-state index contributed by atoms with van der Waals surface area (Å²) in [4.78, 5) is 0. The van der Waals surface area contributed by atoms with E-state index in [9.17, 15) is 0 Å². The molecule has 0 amide bonds. The highest BCUT2D eigenvalue weighted by Crippen LogP contribution is 2.32. The Morgan fingerprint density at radius 1 is 0.933 bits per heavy atom. The second kappa shape index (κ2) is 9.02. The largest absolute Gasteiger partial charge is 0.493 e. The van der Waals surface area contributed by atoms with E-state index in [1.165, 1.54) is 4.68 Å². The maximum Gasteiger partial charge on any atom is 0.346 e. The Morgan fingerprint density at radius 2 is 1.70 bits per heavy atom. The average Bonchev–Trinajstić information content (AvgIpc) is 3.21. The molecule has 4 rings (SSSR count). The third-order valence-electron chi connectivity index (χ3n) is 4.23. The molecule has 1 aromatic heterocycles. The van der Waals surface area contributed by atoms with E-state index in [1.54, 1.807) is 13.2 Å². The Hall–Kier alpha value is -3.29. The first kappa shape index (κ1) is 20.0. The van der Waals surface area contributed by atoms with Crippen molar-refractivity contribution in [2.24, 2.45) is 0 Å². The second-order valence-corrected chi connectivity index (χ2v) is 7.18. The lowest BCUT2D eigenvalue weighted by Gasteiger charge is -2.12. The highest BCUT2D eigenvalue weighted by molar-refractivity contribution is 6.35. The second-order valence-electron chi connectivity index (χ2n) is 6.31. The van der Waals surface area contributed by atoms with Gasteiger partial charge in [-0.3, -0.25) is 0 Å². The molecule has 0 aliphatic carbocycles. The summed E-state index contributed by atoms with van der Waals surface area (Å²) >= 11 is 12.1. The number of halogens is 2. The van der Waals surface area contributed by atoms with Crippen LogP contribution in [0.4, 0.5) is 5.69 Å². The predicted octanol–water partition coefficient (Wildman–Crippen LogP) is 5.38. The van der Waals surface area contributed by atoms with Gasteiger partial charge in [0.2, 0.25) is 0 Å². The van der Waals surface area contributed by atoms with Gasteiger partial charge in [-0.1, -0.05) is 52.6 Å². The molecular weight excluding hydrogens is 425 g/mol. The molecule has 152 valence electrons. The van der Waals surface area contributed by atoms with Crippen LogP contribution in [0.3, 0.4) is 0 Å². The molecule has 0 saturated heterocycles. The summed E-state index contributed by atoms with van der Waals surface area (Å²) in [5, 5.41) is 16.1. The summed E-state index contributed by atoms with van der Waals surface area (Å²) in [5.74, 6) is 1.06. The summed E-state index contributed by atoms with van der Waals surface area (Å²) in [6.07, 6.45) is 0. The normalized spacial score (nSPS) is 10.6. The van der Waals surface area contributed by atoms with Gasteiger partial charge in [-0.25, -0.2) is 0 Å². The van der Waals surface area contributed by atoms with Crippen LogP contribution >= 0.6 is 23.2 Å². The molecule has 1 N–H and O–H groups in total. The van der Waals surface area contributed by atoms with Gasteiger partial charge < -0.3 is 14.8 Å². The maximum absolute atomic E-state index is 6.05. The third kappa shape index (κ3) is 4.64. The molecular formula is C21H17Cl2N5O2. The zero-order chi connectivity index (χ0) is 20.9. The van der Waals surface area contributed by atoms with Crippen LogP contribution in [0.1, 0.15) is 5.56 Å². The molecule has 0 atom stereocenters. The third-order valence-corrected chi connectivity index (χ3v) is 4.67. The molecule has 1 heterocycles. The van der Waals surface area contributed by atoms with Gasteiger partial charge in [0.1, 0.15) is 0 Å². The molecule has 9 heteroatoms. The highest BCUT2D eigenvalue weighted by atomic mass is 35.5. The smallest absolute Gasteiger partial charge is 0.346 e. The van der Waals surface area contributed by atoms with E-state index in [-0.39, 0.29) is 6.01 Å². The average molecular weight is 442 g/mol. The van der Waals surface area contributed by atoms with Gasteiger partial charge in [-0.05, 0) is 58.5 Å². The van der Waals surface area contributed by atoms with E-state index in [4.69, 9.17) is 32.7 Å². The van der Waals surface area contributed by atoms with Crippen LogP contribution in [-0.4, -0.2) is 27.3 Å². The molecule has 4 aromatic rings. The molecule has 0 saturated carbocycles. The van der Waals surface area contributed by atoms with Crippen LogP contribution in [-0.2, 0) is 6.54 Å². The summed E-state index contributed by atoms with van der Waals surface area (Å²) in [6.45, 7) is 0.551. The first-order valence-corrected chi connectivity index (χ1v) is 9.76. The van der Waals surface area contributed by atoms with Gasteiger partial charge in [0.05, 0.1) is 12.8 Å². The Balaban J connectivity index is 1.51. The lowest BCUT2D eigenvalue weighted by Crippen LogP contribution is -2.02. The van der Waals surface area contributed by atoms with E-state index in [1.807, 2.05) is 60.7 Å². The minimum atomic E-state index is 0.235. The van der Waals surface area contributed by atoms with Crippen molar-refractivity contribution in [1.82, 2.24) is 20.2 Å². The lowest BCUT2D eigenvalue weighted by molar-refractivity contribution is 0.363. The predicted molar refractivity (Wildman–Crippen MR) is 116 cm³/mol. The molecule has 7 nitrogen and oxygen atoms in total. The van der Waals surface area contributed by atoms with E-state index < -0.39 is 0 Å². The van der Waals surface area contributed by atoms with Crippen molar-refractivity contribution in [3.8, 4) is 23.2 Å². The topological polar surface area (TPSA) is 74.1 Å². The first-order valence-electron chi connectivity index (χ1n) is 9.01. The Labute approximate surface area is 183 Å². The van der Waals surface area contributed by atoms with Gasteiger partial charge in [-0.2, -0.15) is 4.68 Å². The summed E-state index contributed by atoms with van der Waals surface area (Å²) < 4.78 is 12.9. The van der Waals surface area contributed by atoms with Crippen molar-refractivity contribution >= 4 is 28.9 Å². The number of nitrogens with one attached hydrogen (secondary N) is 1. The molecule has 0 radical (unpaired) electrons. The number of hydrogen-bond donors (Lipinski definition) is 1. The minimum absolute atomic E-state index is 0.235. The number of ether oxygens (including phenoxy) is 2. The van der Waals surface area contributed by atoms with Crippen LogP contribution in [0, 0.1) is 0 Å². The highest BCUT2D eigenvalue weighted by Gasteiger charge is 2.14. The number of aromatic nitrogens is 4. The minimum Gasteiger partial charge on any atom is -0.493 e. The summed E-state index contributed by atoms with van der Waals surface area (Å²) in [5.41, 5.74) is 2.60. The van der Waals surface area contributed by atoms with Crippen LogP contribution in [0.2, 0.25) is 10.0 Å². The van der Waals surface area contributed by atoms with Crippen molar-refractivity contribution in [2.45, 2.75) is 6.54 Å². The number of benzene rings is 3. The van der Waals surface area contributed by atoms with Gasteiger partial charge in [-0.15, -0.1) is 0 Å². The van der Waals surface area contributed by atoms with Crippen LogP contribution in [0.15, 0.2) is 66.7 Å². The maximum atomic E-state index is 6.05. The summed E-state index contributed by atoms with van der Waals surface area (Å²) in [7, 11) is 1.58. The quantitative estimate of drug-likeness (QED) is 0.414. The zero-order valence-electron chi connectivity index (χ0n) is 15.9. The van der Waals surface area contributed by atoms with E-state index in [0.717, 1.165) is 16.9 Å². The molecule has 0 bridgehead atoms. The van der Waals surface area contributed by atoms with E-state index >= 15 is 0 Å². The Morgan fingerprint density at radius 3 is 2.43 bits per heavy atom. The van der Waals surface area contributed by atoms with Gasteiger partial charge in [0.15, 0.2) is 11.5 Å². The number of methoxy groups -OCH3 is 1.